The van der Waals surface area contributed by atoms with Crippen LogP contribution >= 0.6 is 0 Å². The van der Waals surface area contributed by atoms with Crippen LogP contribution in [0.3, 0.4) is 0 Å². The van der Waals surface area contributed by atoms with Gasteiger partial charge in [0.05, 0.1) is 37.0 Å². The third kappa shape index (κ3) is 7.32. The van der Waals surface area contributed by atoms with Gasteiger partial charge >= 0.3 is 24.4 Å². The van der Waals surface area contributed by atoms with E-state index in [0.29, 0.717) is 36.0 Å². The molecule has 0 unspecified atom stereocenters. The first-order chi connectivity index (χ1) is 23.2. The highest BCUT2D eigenvalue weighted by atomic mass is 19.4. The fraction of sp³-hybridized carbons (Fsp3) is 0.405. The Labute approximate surface area is 284 Å². The number of allylic oxidation sites excluding steroid dienone is 1. The first kappa shape index (κ1) is 36.7. The van der Waals surface area contributed by atoms with E-state index >= 15 is 4.39 Å². The Hall–Kier alpha value is -4.55. The van der Waals surface area contributed by atoms with E-state index in [4.69, 9.17) is 9.47 Å². The number of alkyl halides is 6. The van der Waals surface area contributed by atoms with Gasteiger partial charge in [0, 0.05) is 17.7 Å². The molecule has 1 saturated heterocycles. The number of carbonyl (C=O) groups is 2. The molecule has 2 atom stereocenters. The zero-order valence-corrected chi connectivity index (χ0v) is 28.2. The second-order valence-electron chi connectivity index (χ2n) is 13.5. The summed E-state index contributed by atoms with van der Waals surface area (Å²) in [4.78, 5) is 26.7. The van der Waals surface area contributed by atoms with Crippen LogP contribution in [0.15, 0.2) is 54.1 Å². The van der Waals surface area contributed by atoms with Gasteiger partial charge in [0.25, 0.3) is 0 Å². The maximum absolute atomic E-state index is 15.4. The molecule has 1 aliphatic heterocycles. The molecule has 13 heteroatoms. The molecule has 3 aromatic carbocycles. The van der Waals surface area contributed by atoms with Gasteiger partial charge in [-0.1, -0.05) is 31.5 Å². The van der Waals surface area contributed by atoms with E-state index in [2.05, 4.69) is 4.74 Å². The molecule has 0 bridgehead atoms. The topological polar surface area (TPSA) is 65.1 Å². The number of hydrogen-bond donors (Lipinski definition) is 0. The van der Waals surface area contributed by atoms with E-state index in [-0.39, 0.29) is 34.4 Å². The summed E-state index contributed by atoms with van der Waals surface area (Å²) in [7, 11) is 2.32. The SMILES string of the molecule is COC(=O)c1ccc(-c2cc(C3=C(CN4C(=O)O[C@H](c5cc(C)cc(C(F)(F)F)c5)[C@@H]4C)CC(C)(C)CC3)c(OC)cc2C(F)(F)F)c(F)c1. The second kappa shape index (κ2) is 13.3. The Morgan fingerprint density at radius 1 is 0.960 bits per heavy atom. The Bertz CT molecular complexity index is 1860. The lowest BCUT2D eigenvalue weighted by molar-refractivity contribution is -0.138. The molecular weight excluding hydrogens is 671 g/mol. The number of benzene rings is 3. The minimum atomic E-state index is -4.91. The zero-order chi connectivity index (χ0) is 36.9. The third-order valence-electron chi connectivity index (χ3n) is 9.33. The quantitative estimate of drug-likeness (QED) is 0.181. The van der Waals surface area contributed by atoms with Crippen LogP contribution in [0.5, 0.6) is 5.75 Å². The highest BCUT2D eigenvalue weighted by Crippen LogP contribution is 2.49. The molecule has 1 fully saturated rings. The molecule has 5 rings (SSSR count). The van der Waals surface area contributed by atoms with Crippen LogP contribution < -0.4 is 4.74 Å². The smallest absolute Gasteiger partial charge is 0.417 e. The summed E-state index contributed by atoms with van der Waals surface area (Å²) in [6.45, 7) is 7.19. The second-order valence-corrected chi connectivity index (χ2v) is 13.5. The minimum absolute atomic E-state index is 0.0189. The molecule has 0 spiro atoms. The van der Waals surface area contributed by atoms with Crippen molar-refractivity contribution in [1.29, 1.82) is 0 Å². The first-order valence-electron chi connectivity index (χ1n) is 15.8. The van der Waals surface area contributed by atoms with Crippen molar-refractivity contribution in [3.8, 4) is 16.9 Å². The van der Waals surface area contributed by atoms with Crippen LogP contribution in [0, 0.1) is 18.2 Å². The number of nitrogens with zero attached hydrogens (tertiary/aromatic N) is 1. The molecule has 1 aliphatic carbocycles. The Kier molecular flexibility index (Phi) is 9.76. The number of carbonyl (C=O) groups excluding carboxylic acids is 2. The highest BCUT2D eigenvalue weighted by Gasteiger charge is 2.43. The molecule has 0 saturated carbocycles. The van der Waals surface area contributed by atoms with Gasteiger partial charge in [0.2, 0.25) is 0 Å². The van der Waals surface area contributed by atoms with Gasteiger partial charge in [-0.2, -0.15) is 26.3 Å². The normalized spacial score (nSPS) is 19.5. The summed E-state index contributed by atoms with van der Waals surface area (Å²) in [5.74, 6) is -2.05. The van der Waals surface area contributed by atoms with Crippen LogP contribution in [0.4, 0.5) is 35.5 Å². The predicted molar refractivity (Wildman–Crippen MR) is 171 cm³/mol. The van der Waals surface area contributed by atoms with Crippen LogP contribution in [0.1, 0.15) is 84.3 Å². The fourth-order valence-electron chi connectivity index (χ4n) is 6.82. The van der Waals surface area contributed by atoms with Crippen molar-refractivity contribution in [3.05, 3.63) is 93.3 Å². The van der Waals surface area contributed by atoms with E-state index in [1.165, 1.54) is 37.1 Å². The number of halogens is 7. The van der Waals surface area contributed by atoms with Crippen molar-refractivity contribution < 1.29 is 54.5 Å². The van der Waals surface area contributed by atoms with E-state index in [1.807, 2.05) is 13.8 Å². The number of methoxy groups -OCH3 is 2. The molecule has 2 aliphatic rings. The van der Waals surface area contributed by atoms with E-state index in [1.54, 1.807) is 6.92 Å². The third-order valence-corrected chi connectivity index (χ3v) is 9.33. The highest BCUT2D eigenvalue weighted by molar-refractivity contribution is 5.90. The molecule has 0 aromatic heterocycles. The molecule has 1 amide bonds. The summed E-state index contributed by atoms with van der Waals surface area (Å²) in [6, 6.07) is 7.89. The molecule has 1 heterocycles. The molecule has 0 radical (unpaired) electrons. The lowest BCUT2D eigenvalue weighted by atomic mass is 9.72. The number of esters is 1. The Morgan fingerprint density at radius 2 is 1.66 bits per heavy atom. The summed E-state index contributed by atoms with van der Waals surface area (Å²) in [5, 5.41) is 0. The average molecular weight is 708 g/mol. The largest absolute Gasteiger partial charge is 0.496 e. The standard InChI is InChI=1S/C37H36F7NO5/c1-19-11-22(13-24(12-19)36(39,40)41)32-20(2)45(34(47)50-32)18-23-17-35(3,4)10-9-25(23)28-15-27(29(37(42,43)44)16-31(28)48-5)26-8-7-21(14-30(26)38)33(46)49-6/h7-8,11-16,20,32H,9-10,17-18H2,1-6H3/t20-,32-/m0/s1. The van der Waals surface area contributed by atoms with Crippen molar-refractivity contribution in [2.75, 3.05) is 20.8 Å². The van der Waals surface area contributed by atoms with Gasteiger partial charge in [0.15, 0.2) is 0 Å². The fourth-order valence-corrected chi connectivity index (χ4v) is 6.82. The summed E-state index contributed by atoms with van der Waals surface area (Å²) >= 11 is 0. The molecule has 3 aromatic rings. The monoisotopic (exact) mass is 707 g/mol. The van der Waals surface area contributed by atoms with Gasteiger partial charge in [-0.3, -0.25) is 4.90 Å². The van der Waals surface area contributed by atoms with Crippen molar-refractivity contribution in [2.45, 2.75) is 71.5 Å². The van der Waals surface area contributed by atoms with Crippen molar-refractivity contribution >= 4 is 17.6 Å². The van der Waals surface area contributed by atoms with Gasteiger partial charge in [-0.15, -0.1) is 0 Å². The summed E-state index contributed by atoms with van der Waals surface area (Å²) in [6.07, 6.45) is -9.85. The lowest BCUT2D eigenvalue weighted by Crippen LogP contribution is -2.35. The van der Waals surface area contributed by atoms with Crippen LogP contribution in [-0.2, 0) is 21.8 Å². The van der Waals surface area contributed by atoms with Crippen LogP contribution in [0.25, 0.3) is 16.7 Å². The minimum Gasteiger partial charge on any atom is -0.496 e. The van der Waals surface area contributed by atoms with Gasteiger partial charge in [0.1, 0.15) is 17.7 Å². The Morgan fingerprint density at radius 3 is 2.26 bits per heavy atom. The molecule has 6 nitrogen and oxygen atoms in total. The van der Waals surface area contributed by atoms with Gasteiger partial charge in [-0.25, -0.2) is 14.0 Å². The zero-order valence-electron chi connectivity index (χ0n) is 28.2. The number of ether oxygens (including phenoxy) is 3. The van der Waals surface area contributed by atoms with E-state index in [0.717, 1.165) is 37.4 Å². The lowest BCUT2D eigenvalue weighted by Gasteiger charge is -2.36. The maximum Gasteiger partial charge on any atom is 0.417 e. The van der Waals surface area contributed by atoms with E-state index < -0.39 is 64.6 Å². The molecule has 50 heavy (non-hydrogen) atoms. The maximum atomic E-state index is 15.4. The average Bonchev–Trinajstić information content (AvgIpc) is 3.31. The van der Waals surface area contributed by atoms with Gasteiger partial charge in [-0.05, 0) is 97.2 Å². The van der Waals surface area contributed by atoms with Gasteiger partial charge < -0.3 is 14.2 Å². The number of cyclic esters (lactones) is 1. The van der Waals surface area contributed by atoms with Crippen LogP contribution in [0.2, 0.25) is 0 Å². The Balaban J connectivity index is 1.62. The van der Waals surface area contributed by atoms with Crippen molar-refractivity contribution in [3.63, 3.8) is 0 Å². The summed E-state index contributed by atoms with van der Waals surface area (Å²) in [5.41, 5.74) is -1.27. The molecular formula is C37H36F7NO5. The number of hydrogen-bond acceptors (Lipinski definition) is 5. The summed E-state index contributed by atoms with van der Waals surface area (Å²) < 4.78 is 115. The van der Waals surface area contributed by atoms with Crippen molar-refractivity contribution in [1.82, 2.24) is 4.90 Å². The molecule has 268 valence electrons. The first-order valence-corrected chi connectivity index (χ1v) is 15.8. The number of aryl methyl sites for hydroxylation is 1. The number of amides is 1. The predicted octanol–water partition coefficient (Wildman–Crippen LogP) is 10.2. The molecule has 0 N–H and O–H groups in total. The van der Waals surface area contributed by atoms with E-state index in [9.17, 15) is 35.9 Å². The van der Waals surface area contributed by atoms with Crippen molar-refractivity contribution in [2.24, 2.45) is 5.41 Å². The van der Waals surface area contributed by atoms with Crippen LogP contribution in [-0.4, -0.2) is 43.8 Å². The number of rotatable bonds is 7.